The summed E-state index contributed by atoms with van der Waals surface area (Å²) in [5.74, 6) is 0.609. The Morgan fingerprint density at radius 2 is 2.24 bits per heavy atom. The molecule has 1 N–H and O–H groups in total. The Labute approximate surface area is 107 Å². The van der Waals surface area contributed by atoms with E-state index in [-0.39, 0.29) is 11.8 Å². The maximum absolute atomic E-state index is 11.7. The molecule has 0 radical (unpaired) electrons. The lowest BCUT2D eigenvalue weighted by Gasteiger charge is -2.13. The Hall–Kier alpha value is -0.650. The lowest BCUT2D eigenvalue weighted by molar-refractivity contribution is 0.563. The normalized spacial score (nSPS) is 13.5. The van der Waals surface area contributed by atoms with E-state index in [0.717, 1.165) is 5.56 Å². The lowest BCUT2D eigenvalue weighted by Crippen LogP contribution is -2.29. The van der Waals surface area contributed by atoms with Gasteiger partial charge in [0.25, 0.3) is 0 Å². The smallest absolute Gasteiger partial charge is 0.212 e. The zero-order chi connectivity index (χ0) is 12.7. The molecule has 0 aliphatic carbocycles. The van der Waals surface area contributed by atoms with Crippen molar-refractivity contribution in [1.29, 1.82) is 0 Å². The van der Waals surface area contributed by atoms with Gasteiger partial charge in [-0.05, 0) is 31.4 Å². The van der Waals surface area contributed by atoms with Gasteiger partial charge < -0.3 is 0 Å². The predicted octanol–water partition coefficient (Wildman–Crippen LogP) is 2.08. The molecule has 0 aromatic carbocycles. The first-order valence-corrected chi connectivity index (χ1v) is 7.70. The van der Waals surface area contributed by atoms with Crippen molar-refractivity contribution < 1.29 is 8.42 Å². The van der Waals surface area contributed by atoms with Crippen molar-refractivity contribution in [2.24, 2.45) is 0 Å². The lowest BCUT2D eigenvalue weighted by atomic mass is 10.2. The molecule has 4 nitrogen and oxygen atoms in total. The standard InChI is InChI=1S/C11H17ClN2O2S/c1-10(11-5-4-7-13-9-11)14-17(15,16)8-3-2-6-12/h4-5,7,9-10,14H,2-3,6,8H2,1H3. The second-order valence-corrected chi connectivity index (χ2v) is 6.09. The Balaban J connectivity index is 2.53. The average Bonchev–Trinajstić information content (AvgIpc) is 2.30. The fourth-order valence-corrected chi connectivity index (χ4v) is 2.98. The summed E-state index contributed by atoms with van der Waals surface area (Å²) in [5, 5.41) is 0. The van der Waals surface area contributed by atoms with Gasteiger partial charge in [-0.3, -0.25) is 4.98 Å². The van der Waals surface area contributed by atoms with Gasteiger partial charge >= 0.3 is 0 Å². The predicted molar refractivity (Wildman–Crippen MR) is 69.5 cm³/mol. The van der Waals surface area contributed by atoms with Gasteiger partial charge in [-0.1, -0.05) is 6.07 Å². The van der Waals surface area contributed by atoms with Crippen molar-refractivity contribution in [1.82, 2.24) is 9.71 Å². The zero-order valence-electron chi connectivity index (χ0n) is 9.77. The van der Waals surface area contributed by atoms with Gasteiger partial charge in [0.2, 0.25) is 10.0 Å². The molecule has 96 valence electrons. The SMILES string of the molecule is CC(NS(=O)(=O)CCCCCl)c1cccnc1. The molecule has 0 saturated heterocycles. The van der Waals surface area contributed by atoms with Crippen molar-refractivity contribution in [2.75, 3.05) is 11.6 Å². The van der Waals surface area contributed by atoms with Crippen LogP contribution in [0.4, 0.5) is 0 Å². The highest BCUT2D eigenvalue weighted by Crippen LogP contribution is 2.11. The van der Waals surface area contributed by atoms with Crippen LogP contribution in [0.1, 0.15) is 31.4 Å². The summed E-state index contributed by atoms with van der Waals surface area (Å²) >= 11 is 5.51. The van der Waals surface area contributed by atoms with Gasteiger partial charge in [0, 0.05) is 24.3 Å². The number of rotatable bonds is 7. The summed E-state index contributed by atoms with van der Waals surface area (Å²) in [6.07, 6.45) is 4.61. The van der Waals surface area contributed by atoms with Gasteiger partial charge in [0.15, 0.2) is 0 Å². The second-order valence-electron chi connectivity index (χ2n) is 3.84. The summed E-state index contributed by atoms with van der Waals surface area (Å²) in [5.41, 5.74) is 0.855. The molecule has 1 heterocycles. The highest BCUT2D eigenvalue weighted by molar-refractivity contribution is 7.89. The quantitative estimate of drug-likeness (QED) is 0.613. The number of alkyl halides is 1. The minimum Gasteiger partial charge on any atom is -0.264 e. The first kappa shape index (κ1) is 14.4. The number of hydrogen-bond acceptors (Lipinski definition) is 3. The minimum absolute atomic E-state index is 0.115. The molecule has 0 amide bonds. The molecule has 6 heteroatoms. The van der Waals surface area contributed by atoms with Crippen molar-refractivity contribution in [3.8, 4) is 0 Å². The number of hydrogen-bond donors (Lipinski definition) is 1. The molecule has 0 aliphatic rings. The third-order valence-electron chi connectivity index (χ3n) is 2.34. The summed E-state index contributed by atoms with van der Waals surface area (Å²) in [6, 6.07) is 3.37. The van der Waals surface area contributed by atoms with Crippen LogP contribution in [-0.2, 0) is 10.0 Å². The molecule has 1 atom stereocenters. The van der Waals surface area contributed by atoms with Crippen LogP contribution in [0.2, 0.25) is 0 Å². The first-order chi connectivity index (χ1) is 8.05. The number of nitrogens with zero attached hydrogens (tertiary/aromatic N) is 1. The van der Waals surface area contributed by atoms with Crippen LogP contribution in [0, 0.1) is 0 Å². The summed E-state index contributed by atoms with van der Waals surface area (Å²) < 4.78 is 26.0. The van der Waals surface area contributed by atoms with E-state index in [1.165, 1.54) is 0 Å². The van der Waals surface area contributed by atoms with E-state index in [9.17, 15) is 8.42 Å². The third-order valence-corrected chi connectivity index (χ3v) is 4.14. The summed E-state index contributed by atoms with van der Waals surface area (Å²) in [4.78, 5) is 3.96. The van der Waals surface area contributed by atoms with Gasteiger partial charge in [-0.2, -0.15) is 0 Å². The molecule has 0 fully saturated rings. The zero-order valence-corrected chi connectivity index (χ0v) is 11.3. The van der Waals surface area contributed by atoms with Crippen molar-refractivity contribution in [3.63, 3.8) is 0 Å². The van der Waals surface area contributed by atoms with Crippen molar-refractivity contribution in [3.05, 3.63) is 30.1 Å². The monoisotopic (exact) mass is 276 g/mol. The molecule has 17 heavy (non-hydrogen) atoms. The van der Waals surface area contributed by atoms with E-state index in [4.69, 9.17) is 11.6 Å². The molecule has 1 rings (SSSR count). The van der Waals surface area contributed by atoms with E-state index >= 15 is 0 Å². The van der Waals surface area contributed by atoms with Crippen molar-refractivity contribution >= 4 is 21.6 Å². The Kier molecular flexibility index (Phi) is 5.88. The number of pyridine rings is 1. The fraction of sp³-hybridized carbons (Fsp3) is 0.545. The Morgan fingerprint density at radius 3 is 2.82 bits per heavy atom. The molecule has 0 bridgehead atoms. The Bertz CT molecular complexity index is 422. The van der Waals surface area contributed by atoms with Gasteiger partial charge in [-0.15, -0.1) is 11.6 Å². The van der Waals surface area contributed by atoms with Gasteiger partial charge in [-0.25, -0.2) is 13.1 Å². The Morgan fingerprint density at radius 1 is 1.47 bits per heavy atom. The average molecular weight is 277 g/mol. The van der Waals surface area contributed by atoms with E-state index in [1.807, 2.05) is 6.07 Å². The first-order valence-electron chi connectivity index (χ1n) is 5.51. The van der Waals surface area contributed by atoms with E-state index < -0.39 is 10.0 Å². The molecule has 1 unspecified atom stereocenters. The van der Waals surface area contributed by atoms with Crippen molar-refractivity contribution in [2.45, 2.75) is 25.8 Å². The molecule has 0 saturated carbocycles. The number of sulfonamides is 1. The number of unbranched alkanes of at least 4 members (excludes halogenated alkanes) is 1. The van der Waals surface area contributed by atoms with E-state index in [2.05, 4.69) is 9.71 Å². The molecule has 0 spiro atoms. The highest BCUT2D eigenvalue weighted by Gasteiger charge is 2.15. The number of nitrogens with one attached hydrogen (secondary N) is 1. The molecule has 1 aromatic heterocycles. The molecule has 1 aromatic rings. The summed E-state index contributed by atoms with van der Waals surface area (Å²) in [7, 11) is -3.24. The molecular weight excluding hydrogens is 260 g/mol. The van der Waals surface area contributed by atoms with Crippen LogP contribution in [0.15, 0.2) is 24.5 Å². The minimum atomic E-state index is -3.24. The van der Waals surface area contributed by atoms with Crippen LogP contribution >= 0.6 is 11.6 Å². The van der Waals surface area contributed by atoms with Crippen LogP contribution in [0.3, 0.4) is 0 Å². The second kappa shape index (κ2) is 6.93. The van der Waals surface area contributed by atoms with Crippen LogP contribution in [-0.4, -0.2) is 25.0 Å². The van der Waals surface area contributed by atoms with Crippen LogP contribution in [0.5, 0.6) is 0 Å². The van der Waals surface area contributed by atoms with E-state index in [0.29, 0.717) is 18.7 Å². The van der Waals surface area contributed by atoms with Crippen LogP contribution < -0.4 is 4.72 Å². The largest absolute Gasteiger partial charge is 0.264 e. The number of halogens is 1. The molecule has 0 aliphatic heterocycles. The topological polar surface area (TPSA) is 59.1 Å². The van der Waals surface area contributed by atoms with Gasteiger partial charge in [0.1, 0.15) is 0 Å². The van der Waals surface area contributed by atoms with Crippen LogP contribution in [0.25, 0.3) is 0 Å². The highest BCUT2D eigenvalue weighted by atomic mass is 35.5. The van der Waals surface area contributed by atoms with Gasteiger partial charge in [0.05, 0.1) is 5.75 Å². The maximum Gasteiger partial charge on any atom is 0.212 e. The third kappa shape index (κ3) is 5.48. The molecular formula is C11H17ClN2O2S. The maximum atomic E-state index is 11.7. The fourth-order valence-electron chi connectivity index (χ4n) is 1.41. The summed E-state index contributed by atoms with van der Waals surface area (Å²) in [6.45, 7) is 1.80. The number of aromatic nitrogens is 1. The van der Waals surface area contributed by atoms with E-state index in [1.54, 1.807) is 25.4 Å².